The van der Waals surface area contributed by atoms with E-state index in [1.54, 1.807) is 11.8 Å². The van der Waals surface area contributed by atoms with Gasteiger partial charge in [-0.1, -0.05) is 19.8 Å². The van der Waals surface area contributed by atoms with Crippen LogP contribution in [-0.4, -0.2) is 23.7 Å². The molecule has 0 aromatic carbocycles. The van der Waals surface area contributed by atoms with Gasteiger partial charge in [0.15, 0.2) is 0 Å². The molecule has 3 nitrogen and oxygen atoms in total. The predicted octanol–water partition coefficient (Wildman–Crippen LogP) is 1.30. The Balaban J connectivity index is 2.33. The molecule has 2 N–H and O–H groups in total. The van der Waals surface area contributed by atoms with E-state index >= 15 is 0 Å². The number of hydrogen-bond acceptors (Lipinski definition) is 3. The monoisotopic (exact) mass is 202 g/mol. The average Bonchev–Trinajstić information content (AvgIpc) is 2.14. The molecule has 1 aliphatic heterocycles. The van der Waals surface area contributed by atoms with Gasteiger partial charge in [0.05, 0.1) is 0 Å². The first-order valence-corrected chi connectivity index (χ1v) is 6.13. The summed E-state index contributed by atoms with van der Waals surface area (Å²) in [6.45, 7) is 2.18. The summed E-state index contributed by atoms with van der Waals surface area (Å²) in [5, 5.41) is 6.28. The molecule has 1 rings (SSSR count). The van der Waals surface area contributed by atoms with Crippen molar-refractivity contribution in [3.63, 3.8) is 0 Å². The van der Waals surface area contributed by atoms with Crippen molar-refractivity contribution in [1.29, 1.82) is 0 Å². The third kappa shape index (κ3) is 3.56. The second kappa shape index (κ2) is 5.50. The van der Waals surface area contributed by atoms with E-state index in [0.29, 0.717) is 12.5 Å². The lowest BCUT2D eigenvalue weighted by Gasteiger charge is -2.30. The van der Waals surface area contributed by atoms with E-state index in [1.807, 2.05) is 6.26 Å². The van der Waals surface area contributed by atoms with E-state index in [4.69, 9.17) is 0 Å². The highest BCUT2D eigenvalue weighted by molar-refractivity contribution is 7.99. The lowest BCUT2D eigenvalue weighted by atomic mass is 10.1. The number of nitrogens with one attached hydrogen (secondary N) is 2. The molecule has 1 fully saturated rings. The summed E-state index contributed by atoms with van der Waals surface area (Å²) < 4.78 is 0. The van der Waals surface area contributed by atoms with Gasteiger partial charge < -0.3 is 5.32 Å². The third-order valence-corrected chi connectivity index (χ3v) is 2.98. The quantitative estimate of drug-likeness (QED) is 0.722. The minimum Gasteiger partial charge on any atom is -0.332 e. The molecule has 1 amide bonds. The molecule has 0 aromatic heterocycles. The fourth-order valence-corrected chi connectivity index (χ4v) is 2.08. The van der Waals surface area contributed by atoms with Crippen molar-refractivity contribution >= 4 is 17.7 Å². The van der Waals surface area contributed by atoms with Crippen LogP contribution >= 0.6 is 11.8 Å². The van der Waals surface area contributed by atoms with Gasteiger partial charge in [-0.15, -0.1) is 11.8 Å². The van der Waals surface area contributed by atoms with Crippen LogP contribution in [-0.2, 0) is 4.79 Å². The van der Waals surface area contributed by atoms with E-state index in [0.717, 1.165) is 6.42 Å². The minimum absolute atomic E-state index is 0.114. The van der Waals surface area contributed by atoms with E-state index in [9.17, 15) is 4.79 Å². The van der Waals surface area contributed by atoms with Crippen molar-refractivity contribution in [3.05, 3.63) is 0 Å². The molecular formula is C9H18N2OS. The summed E-state index contributed by atoms with van der Waals surface area (Å²) in [5.74, 6) is 0.180. The summed E-state index contributed by atoms with van der Waals surface area (Å²) in [4.78, 5) is 11.2. The smallest absolute Gasteiger partial charge is 0.223 e. The Labute approximate surface area is 84.0 Å². The number of rotatable bonds is 4. The Morgan fingerprint density at radius 2 is 2.38 bits per heavy atom. The van der Waals surface area contributed by atoms with Crippen molar-refractivity contribution in [2.24, 2.45) is 0 Å². The molecule has 13 heavy (non-hydrogen) atoms. The van der Waals surface area contributed by atoms with Crippen LogP contribution in [0.25, 0.3) is 0 Å². The molecule has 0 aromatic rings. The Bertz CT molecular complexity index is 175. The van der Waals surface area contributed by atoms with Gasteiger partial charge in [-0.2, -0.15) is 0 Å². The van der Waals surface area contributed by atoms with Crippen LogP contribution in [0, 0.1) is 0 Å². The van der Waals surface area contributed by atoms with Crippen molar-refractivity contribution in [2.75, 3.05) is 6.26 Å². The fraction of sp³-hybridized carbons (Fsp3) is 0.889. The Hall–Kier alpha value is -0.220. The normalized spacial score (nSPS) is 28.6. The molecule has 1 heterocycles. The second-order valence-corrected chi connectivity index (χ2v) is 4.34. The summed E-state index contributed by atoms with van der Waals surface area (Å²) in [6, 6.07) is 0.381. The number of amides is 1. The van der Waals surface area contributed by atoms with Gasteiger partial charge in [-0.3, -0.25) is 10.1 Å². The van der Waals surface area contributed by atoms with Gasteiger partial charge in [0.2, 0.25) is 5.91 Å². The highest BCUT2D eigenvalue weighted by Gasteiger charge is 2.23. The number of hydrogen-bond donors (Lipinski definition) is 2. The summed E-state index contributed by atoms with van der Waals surface area (Å²) in [7, 11) is 0. The SMILES string of the molecule is CCCCC1CC(=O)NC(SC)N1. The van der Waals surface area contributed by atoms with Crippen molar-refractivity contribution in [1.82, 2.24) is 10.6 Å². The van der Waals surface area contributed by atoms with E-state index in [1.165, 1.54) is 12.8 Å². The topological polar surface area (TPSA) is 41.1 Å². The van der Waals surface area contributed by atoms with E-state index in [-0.39, 0.29) is 11.4 Å². The largest absolute Gasteiger partial charge is 0.332 e. The molecule has 0 aliphatic carbocycles. The van der Waals surface area contributed by atoms with Crippen molar-refractivity contribution < 1.29 is 4.79 Å². The third-order valence-electron chi connectivity index (χ3n) is 2.25. The first-order chi connectivity index (χ1) is 6.26. The van der Waals surface area contributed by atoms with Gasteiger partial charge in [0.25, 0.3) is 0 Å². The Morgan fingerprint density at radius 1 is 1.62 bits per heavy atom. The highest BCUT2D eigenvalue weighted by Crippen LogP contribution is 2.13. The Kier molecular flexibility index (Phi) is 4.59. The van der Waals surface area contributed by atoms with Crippen LogP contribution < -0.4 is 10.6 Å². The number of unbranched alkanes of at least 4 members (excludes halogenated alkanes) is 1. The lowest BCUT2D eigenvalue weighted by molar-refractivity contribution is -0.123. The second-order valence-electron chi connectivity index (χ2n) is 3.39. The van der Waals surface area contributed by atoms with Gasteiger partial charge in [-0.25, -0.2) is 0 Å². The molecular weight excluding hydrogens is 184 g/mol. The maximum atomic E-state index is 11.2. The van der Waals surface area contributed by atoms with Gasteiger partial charge in [0, 0.05) is 12.5 Å². The van der Waals surface area contributed by atoms with E-state index in [2.05, 4.69) is 17.6 Å². The molecule has 0 bridgehead atoms. The molecule has 2 atom stereocenters. The Morgan fingerprint density at radius 3 is 3.00 bits per heavy atom. The number of carbonyl (C=O) groups is 1. The highest BCUT2D eigenvalue weighted by atomic mass is 32.2. The minimum atomic E-state index is 0.114. The average molecular weight is 202 g/mol. The molecule has 4 heteroatoms. The number of thioether (sulfide) groups is 1. The first kappa shape index (κ1) is 10.9. The molecule has 1 saturated heterocycles. The van der Waals surface area contributed by atoms with E-state index < -0.39 is 0 Å². The van der Waals surface area contributed by atoms with Gasteiger partial charge in [0.1, 0.15) is 5.50 Å². The number of carbonyl (C=O) groups excluding carboxylic acids is 1. The molecule has 76 valence electrons. The molecule has 2 unspecified atom stereocenters. The van der Waals surface area contributed by atoms with Crippen LogP contribution in [0.2, 0.25) is 0 Å². The first-order valence-electron chi connectivity index (χ1n) is 4.84. The lowest BCUT2D eigenvalue weighted by Crippen LogP contribution is -2.54. The van der Waals surface area contributed by atoms with Gasteiger partial charge in [-0.05, 0) is 12.7 Å². The van der Waals surface area contributed by atoms with Crippen LogP contribution in [0.4, 0.5) is 0 Å². The maximum absolute atomic E-state index is 11.2. The standard InChI is InChI=1S/C9H18N2OS/c1-3-4-5-7-6-8(12)11-9(10-7)13-2/h7,9-10H,3-6H2,1-2H3,(H,11,12). The summed E-state index contributed by atoms with van der Waals surface area (Å²) in [5.41, 5.74) is 0.114. The summed E-state index contributed by atoms with van der Waals surface area (Å²) in [6.07, 6.45) is 6.15. The predicted molar refractivity (Wildman–Crippen MR) is 56.5 cm³/mol. The fourth-order valence-electron chi connectivity index (χ4n) is 1.51. The van der Waals surface area contributed by atoms with Crippen LogP contribution in [0.3, 0.4) is 0 Å². The van der Waals surface area contributed by atoms with Crippen LogP contribution in [0.5, 0.6) is 0 Å². The zero-order chi connectivity index (χ0) is 9.68. The van der Waals surface area contributed by atoms with Crippen LogP contribution in [0.15, 0.2) is 0 Å². The zero-order valence-electron chi connectivity index (χ0n) is 8.30. The van der Waals surface area contributed by atoms with Crippen molar-refractivity contribution in [3.8, 4) is 0 Å². The molecule has 0 saturated carbocycles. The maximum Gasteiger partial charge on any atom is 0.223 e. The molecule has 1 aliphatic rings. The summed E-state index contributed by atoms with van der Waals surface area (Å²) >= 11 is 1.64. The molecule has 0 spiro atoms. The zero-order valence-corrected chi connectivity index (χ0v) is 9.12. The van der Waals surface area contributed by atoms with Crippen LogP contribution in [0.1, 0.15) is 32.6 Å². The van der Waals surface area contributed by atoms with Crippen molar-refractivity contribution in [2.45, 2.75) is 44.1 Å². The molecule has 0 radical (unpaired) electrons. The van der Waals surface area contributed by atoms with Gasteiger partial charge >= 0.3 is 0 Å².